The van der Waals surface area contributed by atoms with E-state index < -0.39 is 0 Å². The van der Waals surface area contributed by atoms with Gasteiger partial charge in [-0.1, -0.05) is 56.4 Å². The summed E-state index contributed by atoms with van der Waals surface area (Å²) in [6.07, 6.45) is 3.57. The van der Waals surface area contributed by atoms with Crippen LogP contribution in [0, 0.1) is 5.92 Å². The summed E-state index contributed by atoms with van der Waals surface area (Å²) in [5.74, 6) is 0.137. The van der Waals surface area contributed by atoms with Crippen LogP contribution in [0.25, 0.3) is 0 Å². The van der Waals surface area contributed by atoms with Gasteiger partial charge in [0, 0.05) is 19.1 Å². The van der Waals surface area contributed by atoms with Gasteiger partial charge in [-0.15, -0.1) is 0 Å². The Morgan fingerprint density at radius 1 is 1.35 bits per heavy atom. The maximum absolute atomic E-state index is 9.72. The Hall–Kier alpha value is -0.835. The van der Waals surface area contributed by atoms with Crippen molar-refractivity contribution in [1.82, 2.24) is 4.81 Å². The molecule has 2 atom stereocenters. The molecule has 0 amide bonds. The van der Waals surface area contributed by atoms with E-state index in [0.29, 0.717) is 0 Å². The van der Waals surface area contributed by atoms with E-state index in [2.05, 4.69) is 31.3 Å². The van der Waals surface area contributed by atoms with Crippen LogP contribution in [-0.2, 0) is 4.74 Å². The predicted octanol–water partition coefficient (Wildman–Crippen LogP) is 2.51. The molecule has 20 heavy (non-hydrogen) atoms. The smallest absolute Gasteiger partial charge is 0.208 e. The summed E-state index contributed by atoms with van der Waals surface area (Å²) in [5, 5.41) is 9.72. The average molecular weight is 274 g/mol. The van der Waals surface area contributed by atoms with Crippen molar-refractivity contribution in [2.75, 3.05) is 26.3 Å². The molecule has 4 heteroatoms. The minimum atomic E-state index is 0.00535. The first-order valence-electron chi connectivity index (χ1n) is 7.70. The number of hydrogen-bond acceptors (Lipinski definition) is 3. The molecular weight excluding hydrogens is 249 g/mol. The number of aliphatic hydroxyl groups is 1. The second-order valence-electron chi connectivity index (χ2n) is 5.46. The van der Waals surface area contributed by atoms with Crippen LogP contribution in [-0.4, -0.2) is 43.6 Å². The van der Waals surface area contributed by atoms with E-state index in [9.17, 15) is 5.11 Å². The van der Waals surface area contributed by atoms with Crippen molar-refractivity contribution in [3.05, 3.63) is 35.9 Å². The average Bonchev–Trinajstić information content (AvgIpc) is 2.70. The van der Waals surface area contributed by atoms with Gasteiger partial charge in [0.25, 0.3) is 0 Å². The molecule has 1 aromatic rings. The fraction of sp³-hybridized carbons (Fsp3) is 0.625. The van der Waals surface area contributed by atoms with Gasteiger partial charge < -0.3 is 14.7 Å². The molecule has 1 radical (unpaired) electrons. The standard InChI is InChI=1S/C16H25BNO2/c1-2-3-9-17-18-10-11-20-16(15(12-18)13-19)14-7-5-4-6-8-14/h4-8,15-16,19H,2-3,9-13H2,1H3. The summed E-state index contributed by atoms with van der Waals surface area (Å²) >= 11 is 0. The van der Waals surface area contributed by atoms with Gasteiger partial charge in [-0.05, 0) is 12.1 Å². The lowest BCUT2D eigenvalue weighted by Gasteiger charge is -2.26. The molecule has 109 valence electrons. The fourth-order valence-electron chi connectivity index (χ4n) is 2.73. The Labute approximate surface area is 123 Å². The highest BCUT2D eigenvalue weighted by Gasteiger charge is 2.28. The largest absolute Gasteiger partial charge is 0.396 e. The Bertz CT molecular complexity index is 374. The van der Waals surface area contributed by atoms with Crippen LogP contribution in [0.15, 0.2) is 30.3 Å². The molecule has 1 heterocycles. The number of benzene rings is 1. The number of ether oxygens (including phenoxy) is 1. The highest BCUT2D eigenvalue weighted by Crippen LogP contribution is 2.28. The molecule has 2 rings (SSSR count). The molecule has 0 spiro atoms. The Kier molecular flexibility index (Phi) is 6.57. The molecular formula is C16H25BNO2. The minimum absolute atomic E-state index is 0.00535. The summed E-state index contributed by atoms with van der Waals surface area (Å²) in [6.45, 7) is 4.89. The molecule has 1 aliphatic rings. The van der Waals surface area contributed by atoms with Crippen LogP contribution in [0.4, 0.5) is 0 Å². The van der Waals surface area contributed by atoms with Crippen LogP contribution >= 0.6 is 0 Å². The summed E-state index contributed by atoms with van der Waals surface area (Å²) in [6, 6.07) is 10.2. The topological polar surface area (TPSA) is 32.7 Å². The lowest BCUT2D eigenvalue weighted by molar-refractivity contribution is 0.0114. The Balaban J connectivity index is 1.98. The molecule has 0 aliphatic carbocycles. The van der Waals surface area contributed by atoms with Gasteiger partial charge in [0.15, 0.2) is 0 Å². The summed E-state index contributed by atoms with van der Waals surface area (Å²) in [4.78, 5) is 2.32. The third kappa shape index (κ3) is 4.34. The van der Waals surface area contributed by atoms with Crippen LogP contribution in [0.5, 0.6) is 0 Å². The van der Waals surface area contributed by atoms with E-state index in [1.807, 2.05) is 18.2 Å². The van der Waals surface area contributed by atoms with Gasteiger partial charge in [0.2, 0.25) is 7.41 Å². The van der Waals surface area contributed by atoms with Crippen molar-refractivity contribution >= 4 is 7.41 Å². The van der Waals surface area contributed by atoms with Crippen LogP contribution in [0.3, 0.4) is 0 Å². The van der Waals surface area contributed by atoms with Crippen molar-refractivity contribution in [3.63, 3.8) is 0 Å². The monoisotopic (exact) mass is 274 g/mol. The first kappa shape index (κ1) is 15.6. The number of unbranched alkanes of at least 4 members (excludes halogenated alkanes) is 1. The van der Waals surface area contributed by atoms with E-state index in [1.165, 1.54) is 18.4 Å². The van der Waals surface area contributed by atoms with E-state index in [1.54, 1.807) is 0 Å². The second kappa shape index (κ2) is 8.45. The molecule has 2 unspecified atom stereocenters. The quantitative estimate of drug-likeness (QED) is 0.639. The fourth-order valence-corrected chi connectivity index (χ4v) is 2.73. The zero-order valence-corrected chi connectivity index (χ0v) is 12.4. The number of aliphatic hydroxyl groups excluding tert-OH is 1. The summed E-state index contributed by atoms with van der Waals surface area (Å²) in [7, 11) is 2.28. The van der Waals surface area contributed by atoms with Gasteiger partial charge in [-0.2, -0.15) is 0 Å². The number of nitrogens with zero attached hydrogens (tertiary/aromatic N) is 1. The second-order valence-corrected chi connectivity index (χ2v) is 5.46. The van der Waals surface area contributed by atoms with Crippen molar-refractivity contribution in [2.24, 2.45) is 5.92 Å². The van der Waals surface area contributed by atoms with E-state index in [-0.39, 0.29) is 18.6 Å². The SMILES string of the molecule is CCCC[B]N1CCOC(c2ccccc2)C(CO)C1. The van der Waals surface area contributed by atoms with Crippen LogP contribution in [0.2, 0.25) is 6.32 Å². The highest BCUT2D eigenvalue weighted by molar-refractivity contribution is 6.31. The lowest BCUT2D eigenvalue weighted by Crippen LogP contribution is -2.35. The van der Waals surface area contributed by atoms with Crippen molar-refractivity contribution < 1.29 is 9.84 Å². The normalized spacial score (nSPS) is 24.3. The van der Waals surface area contributed by atoms with Gasteiger partial charge in [0.05, 0.1) is 12.7 Å². The molecule has 1 aliphatic heterocycles. The zero-order chi connectivity index (χ0) is 14.2. The minimum Gasteiger partial charge on any atom is -0.396 e. The number of rotatable bonds is 6. The Morgan fingerprint density at radius 3 is 2.85 bits per heavy atom. The molecule has 0 bridgehead atoms. The van der Waals surface area contributed by atoms with Gasteiger partial charge in [-0.25, -0.2) is 0 Å². The molecule has 3 nitrogen and oxygen atoms in total. The first-order valence-corrected chi connectivity index (χ1v) is 7.70. The highest BCUT2D eigenvalue weighted by atomic mass is 16.5. The summed E-state index contributed by atoms with van der Waals surface area (Å²) < 4.78 is 6.01. The predicted molar refractivity (Wildman–Crippen MR) is 82.8 cm³/mol. The molecule has 1 saturated heterocycles. The third-order valence-electron chi connectivity index (χ3n) is 3.88. The van der Waals surface area contributed by atoms with Gasteiger partial charge in [-0.3, -0.25) is 0 Å². The maximum Gasteiger partial charge on any atom is 0.208 e. The Morgan fingerprint density at radius 2 is 2.15 bits per heavy atom. The van der Waals surface area contributed by atoms with Gasteiger partial charge >= 0.3 is 0 Å². The molecule has 0 saturated carbocycles. The third-order valence-corrected chi connectivity index (χ3v) is 3.88. The van der Waals surface area contributed by atoms with Crippen molar-refractivity contribution in [2.45, 2.75) is 32.2 Å². The van der Waals surface area contributed by atoms with Gasteiger partial charge in [0.1, 0.15) is 0 Å². The van der Waals surface area contributed by atoms with Crippen molar-refractivity contribution in [1.29, 1.82) is 0 Å². The number of hydrogen-bond donors (Lipinski definition) is 1. The van der Waals surface area contributed by atoms with E-state index >= 15 is 0 Å². The van der Waals surface area contributed by atoms with Crippen LogP contribution in [0.1, 0.15) is 31.4 Å². The molecule has 1 N–H and O–H groups in total. The van der Waals surface area contributed by atoms with Crippen LogP contribution < -0.4 is 0 Å². The molecule has 1 fully saturated rings. The summed E-state index contributed by atoms with van der Waals surface area (Å²) in [5.41, 5.74) is 1.17. The molecule has 1 aromatic carbocycles. The zero-order valence-electron chi connectivity index (χ0n) is 12.4. The van der Waals surface area contributed by atoms with E-state index in [0.717, 1.165) is 26.0 Å². The maximum atomic E-state index is 9.72. The first-order chi connectivity index (χ1) is 9.85. The van der Waals surface area contributed by atoms with Crippen molar-refractivity contribution in [3.8, 4) is 0 Å². The lowest BCUT2D eigenvalue weighted by atomic mass is 9.82. The van der Waals surface area contributed by atoms with E-state index in [4.69, 9.17) is 4.74 Å². The molecule has 0 aromatic heterocycles.